The molecule has 1 aromatic rings. The van der Waals surface area contributed by atoms with Crippen molar-refractivity contribution in [2.24, 2.45) is 10.8 Å². The van der Waals surface area contributed by atoms with Gasteiger partial charge in [-0.1, -0.05) is 6.07 Å². The molecule has 0 saturated carbocycles. The van der Waals surface area contributed by atoms with E-state index < -0.39 is 0 Å². The highest BCUT2D eigenvalue weighted by Gasteiger charge is 2.07. The minimum atomic E-state index is 0.723. The number of rotatable bonds is 3. The molecule has 1 heterocycles. The Bertz CT molecular complexity index is 281. The Morgan fingerprint density at radius 1 is 1.71 bits per heavy atom. The van der Waals surface area contributed by atoms with E-state index >= 15 is 0 Å². The third kappa shape index (κ3) is 2.71. The highest BCUT2D eigenvalue weighted by Crippen LogP contribution is 2.11. The van der Waals surface area contributed by atoms with Crippen LogP contribution < -0.4 is 11.3 Å². The second-order valence-electron chi connectivity index (χ2n) is 2.79. The first-order chi connectivity index (χ1) is 6.81. The predicted molar refractivity (Wildman–Crippen MR) is 61.1 cm³/mol. The van der Waals surface area contributed by atoms with Crippen molar-refractivity contribution < 1.29 is 0 Å². The minimum Gasteiger partial charge on any atom is -0.337 e. The Morgan fingerprint density at radius 3 is 2.93 bits per heavy atom. The lowest BCUT2D eigenvalue weighted by Crippen LogP contribution is -2.44. The highest BCUT2D eigenvalue weighted by molar-refractivity contribution is 7.09. The minimum absolute atomic E-state index is 0.723. The number of nitrogens with zero attached hydrogens (tertiary/aromatic N) is 2. The van der Waals surface area contributed by atoms with Gasteiger partial charge in [-0.15, -0.1) is 11.3 Å². The Hall–Kier alpha value is -1.07. The topological polar surface area (TPSA) is 53.6 Å². The Balaban J connectivity index is 2.63. The van der Waals surface area contributed by atoms with E-state index in [2.05, 4.69) is 33.7 Å². The van der Waals surface area contributed by atoms with Crippen molar-refractivity contribution >= 4 is 17.3 Å². The van der Waals surface area contributed by atoms with E-state index in [1.165, 1.54) is 4.88 Å². The number of nitrogens with two attached hydrogens (primary N) is 1. The first-order valence-corrected chi connectivity index (χ1v) is 5.40. The molecule has 0 amide bonds. The lowest BCUT2D eigenvalue weighted by molar-refractivity contribution is 0.422. The van der Waals surface area contributed by atoms with Gasteiger partial charge in [0.15, 0.2) is 0 Å². The third-order valence-corrected chi connectivity index (χ3v) is 2.81. The van der Waals surface area contributed by atoms with E-state index in [1.54, 1.807) is 18.4 Å². The van der Waals surface area contributed by atoms with Gasteiger partial charge in [-0.3, -0.25) is 10.4 Å². The summed E-state index contributed by atoms with van der Waals surface area (Å²) >= 11 is 1.74. The summed E-state index contributed by atoms with van der Waals surface area (Å²) in [4.78, 5) is 7.47. The van der Waals surface area contributed by atoms with Crippen LogP contribution in [0.15, 0.2) is 22.5 Å². The molecule has 0 aliphatic rings. The van der Waals surface area contributed by atoms with Crippen LogP contribution in [0.25, 0.3) is 0 Å². The lowest BCUT2D eigenvalue weighted by atomic mass is 10.4. The Labute approximate surface area is 88.4 Å². The fourth-order valence-electron chi connectivity index (χ4n) is 1.22. The van der Waals surface area contributed by atoms with Gasteiger partial charge >= 0.3 is 0 Å². The number of thiophene rings is 1. The van der Waals surface area contributed by atoms with Crippen molar-refractivity contribution in [3.63, 3.8) is 0 Å². The van der Waals surface area contributed by atoms with Gasteiger partial charge in [0.2, 0.25) is 5.96 Å². The van der Waals surface area contributed by atoms with E-state index in [-0.39, 0.29) is 0 Å². The van der Waals surface area contributed by atoms with E-state index in [1.807, 2.05) is 6.07 Å². The molecule has 0 atom stereocenters. The van der Waals surface area contributed by atoms with Crippen LogP contribution in [0.3, 0.4) is 0 Å². The predicted octanol–water partition coefficient (Wildman–Crippen LogP) is 1.02. The zero-order valence-electron chi connectivity index (χ0n) is 8.53. The van der Waals surface area contributed by atoms with Gasteiger partial charge in [0.25, 0.3) is 0 Å². The highest BCUT2D eigenvalue weighted by atomic mass is 32.1. The maximum absolute atomic E-state index is 5.37. The normalized spacial score (nSPS) is 11.5. The number of hydrogen-bond acceptors (Lipinski definition) is 3. The zero-order valence-corrected chi connectivity index (χ0v) is 9.34. The van der Waals surface area contributed by atoms with Crippen molar-refractivity contribution in [1.29, 1.82) is 0 Å². The summed E-state index contributed by atoms with van der Waals surface area (Å²) in [7, 11) is 1.73. The summed E-state index contributed by atoms with van der Waals surface area (Å²) in [5.41, 5.74) is 2.60. The van der Waals surface area contributed by atoms with Gasteiger partial charge in [-0.25, -0.2) is 5.84 Å². The molecule has 0 aliphatic heterocycles. The summed E-state index contributed by atoms with van der Waals surface area (Å²) in [6.45, 7) is 3.82. The van der Waals surface area contributed by atoms with E-state index in [0.29, 0.717) is 0 Å². The van der Waals surface area contributed by atoms with Crippen LogP contribution in [0.1, 0.15) is 11.8 Å². The maximum Gasteiger partial charge on any atom is 0.208 e. The number of hydrazine groups is 1. The van der Waals surface area contributed by atoms with Crippen LogP contribution >= 0.6 is 11.3 Å². The van der Waals surface area contributed by atoms with Gasteiger partial charge in [-0.2, -0.15) is 0 Å². The number of aliphatic imine (C=N–C) groups is 1. The molecule has 0 radical (unpaired) electrons. The fraction of sp³-hybridized carbons (Fsp3) is 0.444. The molecule has 1 rings (SSSR count). The summed E-state index contributed by atoms with van der Waals surface area (Å²) in [6.07, 6.45) is 0. The van der Waals surface area contributed by atoms with E-state index in [0.717, 1.165) is 19.0 Å². The number of nitrogens with one attached hydrogen (secondary N) is 1. The van der Waals surface area contributed by atoms with Gasteiger partial charge < -0.3 is 4.90 Å². The molecule has 0 fully saturated rings. The molecule has 0 saturated heterocycles. The molecule has 4 nitrogen and oxygen atoms in total. The fourth-order valence-corrected chi connectivity index (χ4v) is 1.94. The molecule has 0 spiro atoms. The van der Waals surface area contributed by atoms with Crippen LogP contribution in [-0.2, 0) is 6.54 Å². The Morgan fingerprint density at radius 2 is 2.50 bits per heavy atom. The molecule has 1 aromatic heterocycles. The molecule has 5 heteroatoms. The molecule has 0 aliphatic carbocycles. The molecule has 0 unspecified atom stereocenters. The van der Waals surface area contributed by atoms with Crippen molar-refractivity contribution in [2.75, 3.05) is 13.6 Å². The third-order valence-electron chi connectivity index (χ3n) is 1.95. The molecule has 0 bridgehead atoms. The van der Waals surface area contributed by atoms with Crippen LogP contribution in [0.5, 0.6) is 0 Å². The summed E-state index contributed by atoms with van der Waals surface area (Å²) in [5.74, 6) is 6.09. The van der Waals surface area contributed by atoms with Crippen molar-refractivity contribution in [3.8, 4) is 0 Å². The molecule has 14 heavy (non-hydrogen) atoms. The van der Waals surface area contributed by atoms with Crippen LogP contribution in [0.2, 0.25) is 0 Å². The second-order valence-corrected chi connectivity index (χ2v) is 3.82. The van der Waals surface area contributed by atoms with Crippen molar-refractivity contribution in [3.05, 3.63) is 22.4 Å². The zero-order chi connectivity index (χ0) is 10.4. The van der Waals surface area contributed by atoms with Crippen LogP contribution in [-0.4, -0.2) is 24.5 Å². The average molecular weight is 212 g/mol. The second kappa shape index (κ2) is 5.62. The smallest absolute Gasteiger partial charge is 0.208 e. The van der Waals surface area contributed by atoms with Gasteiger partial charge in [0.1, 0.15) is 0 Å². The van der Waals surface area contributed by atoms with Crippen molar-refractivity contribution in [2.45, 2.75) is 13.5 Å². The quantitative estimate of drug-likeness (QED) is 0.340. The molecule has 0 aromatic carbocycles. The van der Waals surface area contributed by atoms with E-state index in [9.17, 15) is 0 Å². The summed E-state index contributed by atoms with van der Waals surface area (Å²) in [6, 6.07) is 4.16. The molecular weight excluding hydrogens is 196 g/mol. The molecule has 78 valence electrons. The summed E-state index contributed by atoms with van der Waals surface area (Å²) < 4.78 is 0. The largest absolute Gasteiger partial charge is 0.337 e. The van der Waals surface area contributed by atoms with Gasteiger partial charge in [0.05, 0.1) is 6.54 Å². The lowest BCUT2D eigenvalue weighted by Gasteiger charge is -2.22. The van der Waals surface area contributed by atoms with Gasteiger partial charge in [-0.05, 0) is 18.4 Å². The summed E-state index contributed by atoms with van der Waals surface area (Å²) in [5, 5.41) is 2.07. The number of hydrogen-bond donors (Lipinski definition) is 2. The molecule has 3 N–H and O–H groups in total. The number of guanidine groups is 1. The Kier molecular flexibility index (Phi) is 4.42. The molecular formula is C9H16N4S. The van der Waals surface area contributed by atoms with Crippen LogP contribution in [0.4, 0.5) is 0 Å². The first-order valence-electron chi connectivity index (χ1n) is 4.52. The van der Waals surface area contributed by atoms with E-state index in [4.69, 9.17) is 5.84 Å². The SMILES string of the molecule is CCN(Cc1cccs1)C(=NC)NN. The average Bonchev–Trinajstić information content (AvgIpc) is 2.70. The maximum atomic E-state index is 5.37. The van der Waals surface area contributed by atoms with Crippen molar-refractivity contribution in [1.82, 2.24) is 10.3 Å². The van der Waals surface area contributed by atoms with Gasteiger partial charge in [0, 0.05) is 18.5 Å². The monoisotopic (exact) mass is 212 g/mol. The standard InChI is InChI=1S/C9H16N4S/c1-3-13(9(11-2)12-10)7-8-5-4-6-14-8/h4-6H,3,7,10H2,1-2H3,(H,11,12). The first kappa shape index (κ1) is 11.0. The van der Waals surface area contributed by atoms with Crippen LogP contribution in [0, 0.1) is 0 Å².